The van der Waals surface area contributed by atoms with E-state index in [1.807, 2.05) is 18.5 Å². The van der Waals surface area contributed by atoms with Crippen molar-refractivity contribution in [3.63, 3.8) is 0 Å². The maximum absolute atomic E-state index is 4.34. The highest BCUT2D eigenvalue weighted by Gasteiger charge is 2.27. The molecule has 1 fully saturated rings. The summed E-state index contributed by atoms with van der Waals surface area (Å²) in [5.41, 5.74) is 0. The molecule has 0 bridgehead atoms. The summed E-state index contributed by atoms with van der Waals surface area (Å²) < 4.78 is 0. The molecule has 1 saturated heterocycles. The van der Waals surface area contributed by atoms with Crippen molar-refractivity contribution >= 4 is 0 Å². The Morgan fingerprint density at radius 3 is 2.89 bits per heavy atom. The first-order chi connectivity index (χ1) is 8.81. The Kier molecular flexibility index (Phi) is 5.08. The van der Waals surface area contributed by atoms with Gasteiger partial charge in [0.1, 0.15) is 5.82 Å². The van der Waals surface area contributed by atoms with Crippen molar-refractivity contribution in [1.82, 2.24) is 20.2 Å². The first-order valence-electron chi connectivity index (χ1n) is 7.04. The van der Waals surface area contributed by atoms with Gasteiger partial charge in [0.25, 0.3) is 0 Å². The highest BCUT2D eigenvalue weighted by atomic mass is 15.2. The zero-order valence-corrected chi connectivity index (χ0v) is 11.5. The van der Waals surface area contributed by atoms with Crippen LogP contribution in [0.1, 0.15) is 38.9 Å². The minimum Gasteiger partial charge on any atom is -0.313 e. The molecule has 0 radical (unpaired) electrons. The van der Waals surface area contributed by atoms with Gasteiger partial charge in [0.15, 0.2) is 0 Å². The lowest BCUT2D eigenvalue weighted by Gasteiger charge is -2.39. The normalized spacial score (nSPS) is 22.9. The van der Waals surface area contributed by atoms with E-state index in [4.69, 9.17) is 0 Å². The Labute approximate surface area is 110 Å². The molecule has 0 spiro atoms. The van der Waals surface area contributed by atoms with E-state index in [0.717, 1.165) is 18.9 Å². The quantitative estimate of drug-likeness (QED) is 0.863. The molecule has 0 saturated carbocycles. The highest BCUT2D eigenvalue weighted by Crippen LogP contribution is 2.21. The monoisotopic (exact) mass is 248 g/mol. The third-order valence-corrected chi connectivity index (χ3v) is 3.73. The van der Waals surface area contributed by atoms with Gasteiger partial charge >= 0.3 is 0 Å². The van der Waals surface area contributed by atoms with Crippen LogP contribution in [0.2, 0.25) is 0 Å². The van der Waals surface area contributed by atoms with Crippen LogP contribution in [-0.4, -0.2) is 40.0 Å². The average Bonchev–Trinajstić information content (AvgIpc) is 2.41. The number of nitrogens with one attached hydrogen (secondary N) is 1. The van der Waals surface area contributed by atoms with Gasteiger partial charge < -0.3 is 5.32 Å². The standard InChI is InChI=1S/C14H24N4/c1-3-15-12(2)13-7-4-5-10-18(13)11-14-16-8-6-9-17-14/h6,8-9,12-13,15H,3-5,7,10-11H2,1-2H3. The second-order valence-corrected chi connectivity index (χ2v) is 5.04. The van der Waals surface area contributed by atoms with Gasteiger partial charge in [0, 0.05) is 24.5 Å². The lowest BCUT2D eigenvalue weighted by atomic mass is 9.96. The molecule has 2 heterocycles. The SMILES string of the molecule is CCNC(C)C1CCCCN1Cc1ncccn1. The van der Waals surface area contributed by atoms with Crippen LogP contribution in [-0.2, 0) is 6.54 Å². The summed E-state index contributed by atoms with van der Waals surface area (Å²) in [6.07, 6.45) is 7.57. The molecule has 1 aliphatic rings. The number of piperidine rings is 1. The zero-order valence-electron chi connectivity index (χ0n) is 11.5. The Balaban J connectivity index is 1.99. The largest absolute Gasteiger partial charge is 0.313 e. The van der Waals surface area contributed by atoms with Gasteiger partial charge in [0.05, 0.1) is 6.54 Å². The second-order valence-electron chi connectivity index (χ2n) is 5.04. The molecular formula is C14H24N4. The molecule has 18 heavy (non-hydrogen) atoms. The fourth-order valence-electron chi connectivity index (χ4n) is 2.83. The topological polar surface area (TPSA) is 41.0 Å². The van der Waals surface area contributed by atoms with Crippen LogP contribution in [0.15, 0.2) is 18.5 Å². The van der Waals surface area contributed by atoms with E-state index < -0.39 is 0 Å². The number of aromatic nitrogens is 2. The molecule has 2 atom stereocenters. The van der Waals surface area contributed by atoms with Gasteiger partial charge in [-0.2, -0.15) is 0 Å². The molecule has 2 unspecified atom stereocenters. The molecule has 4 nitrogen and oxygen atoms in total. The van der Waals surface area contributed by atoms with Crippen molar-refractivity contribution in [1.29, 1.82) is 0 Å². The molecular weight excluding hydrogens is 224 g/mol. The summed E-state index contributed by atoms with van der Waals surface area (Å²) in [5, 5.41) is 3.55. The predicted molar refractivity (Wildman–Crippen MR) is 73.2 cm³/mol. The molecule has 1 N–H and O–H groups in total. The van der Waals surface area contributed by atoms with Gasteiger partial charge in [-0.1, -0.05) is 13.3 Å². The third-order valence-electron chi connectivity index (χ3n) is 3.73. The number of hydrogen-bond donors (Lipinski definition) is 1. The maximum Gasteiger partial charge on any atom is 0.142 e. The molecule has 2 rings (SSSR count). The predicted octanol–water partition coefficient (Wildman–Crippen LogP) is 1.83. The number of hydrogen-bond acceptors (Lipinski definition) is 4. The van der Waals surface area contributed by atoms with Crippen molar-refractivity contribution in [2.45, 2.75) is 51.7 Å². The Morgan fingerprint density at radius 2 is 2.17 bits per heavy atom. The summed E-state index contributed by atoms with van der Waals surface area (Å²) in [4.78, 5) is 11.2. The molecule has 1 aromatic heterocycles. The van der Waals surface area contributed by atoms with E-state index in [9.17, 15) is 0 Å². The average molecular weight is 248 g/mol. The van der Waals surface area contributed by atoms with E-state index >= 15 is 0 Å². The minimum atomic E-state index is 0.541. The number of nitrogens with zero attached hydrogens (tertiary/aromatic N) is 3. The van der Waals surface area contributed by atoms with Crippen LogP contribution in [0.25, 0.3) is 0 Å². The third kappa shape index (κ3) is 3.50. The van der Waals surface area contributed by atoms with E-state index in [1.165, 1.54) is 25.8 Å². The maximum atomic E-state index is 4.34. The summed E-state index contributed by atoms with van der Waals surface area (Å²) in [6, 6.07) is 3.03. The van der Waals surface area contributed by atoms with Crippen LogP contribution in [0.4, 0.5) is 0 Å². The molecule has 0 aliphatic carbocycles. The lowest BCUT2D eigenvalue weighted by molar-refractivity contribution is 0.109. The highest BCUT2D eigenvalue weighted by molar-refractivity contribution is 4.92. The van der Waals surface area contributed by atoms with Crippen molar-refractivity contribution < 1.29 is 0 Å². The van der Waals surface area contributed by atoms with Crippen molar-refractivity contribution in [3.8, 4) is 0 Å². The molecule has 4 heteroatoms. The van der Waals surface area contributed by atoms with E-state index in [2.05, 4.69) is 34.0 Å². The van der Waals surface area contributed by atoms with Crippen molar-refractivity contribution in [2.24, 2.45) is 0 Å². The molecule has 1 aliphatic heterocycles. The molecule has 1 aromatic rings. The van der Waals surface area contributed by atoms with Crippen LogP contribution < -0.4 is 5.32 Å². The molecule has 0 aromatic carbocycles. The van der Waals surface area contributed by atoms with Gasteiger partial charge in [-0.15, -0.1) is 0 Å². The Morgan fingerprint density at radius 1 is 1.39 bits per heavy atom. The fourth-order valence-corrected chi connectivity index (χ4v) is 2.83. The summed E-state index contributed by atoms with van der Waals surface area (Å²) in [7, 11) is 0. The van der Waals surface area contributed by atoms with Crippen molar-refractivity contribution in [3.05, 3.63) is 24.3 Å². The number of likely N-dealkylation sites (N-methyl/N-ethyl adjacent to an activating group) is 1. The molecule has 0 amide bonds. The van der Waals surface area contributed by atoms with Gasteiger partial charge in [-0.05, 0) is 38.9 Å². The summed E-state index contributed by atoms with van der Waals surface area (Å²) in [5.74, 6) is 0.938. The molecule has 100 valence electrons. The van der Waals surface area contributed by atoms with E-state index in [0.29, 0.717) is 12.1 Å². The lowest BCUT2D eigenvalue weighted by Crippen LogP contribution is -2.50. The smallest absolute Gasteiger partial charge is 0.142 e. The number of likely N-dealkylation sites (tertiary alicyclic amines) is 1. The van der Waals surface area contributed by atoms with Gasteiger partial charge in [0.2, 0.25) is 0 Å². The van der Waals surface area contributed by atoms with Crippen LogP contribution in [0.3, 0.4) is 0 Å². The summed E-state index contributed by atoms with van der Waals surface area (Å²) >= 11 is 0. The van der Waals surface area contributed by atoms with E-state index in [1.54, 1.807) is 0 Å². The van der Waals surface area contributed by atoms with Gasteiger partial charge in [-0.3, -0.25) is 4.90 Å². The second kappa shape index (κ2) is 6.81. The van der Waals surface area contributed by atoms with Crippen molar-refractivity contribution in [2.75, 3.05) is 13.1 Å². The van der Waals surface area contributed by atoms with Gasteiger partial charge in [-0.25, -0.2) is 9.97 Å². The Bertz CT molecular complexity index is 341. The van der Waals surface area contributed by atoms with E-state index in [-0.39, 0.29) is 0 Å². The fraction of sp³-hybridized carbons (Fsp3) is 0.714. The first-order valence-corrected chi connectivity index (χ1v) is 7.04. The zero-order chi connectivity index (χ0) is 12.8. The van der Waals surface area contributed by atoms with Crippen LogP contribution in [0, 0.1) is 0 Å². The minimum absolute atomic E-state index is 0.541. The summed E-state index contributed by atoms with van der Waals surface area (Å²) in [6.45, 7) is 7.54. The number of rotatable bonds is 5. The van der Waals surface area contributed by atoms with Crippen LogP contribution in [0.5, 0.6) is 0 Å². The van der Waals surface area contributed by atoms with Crippen LogP contribution >= 0.6 is 0 Å². The Hall–Kier alpha value is -1.00. The first kappa shape index (κ1) is 13.4.